The molecule has 3 aromatic rings. The summed E-state index contributed by atoms with van der Waals surface area (Å²) in [5, 5.41) is 12.7. The molecule has 3 rings (SSSR count). The maximum absolute atomic E-state index is 5.89. The van der Waals surface area contributed by atoms with Gasteiger partial charge in [-0.3, -0.25) is 0 Å². The van der Waals surface area contributed by atoms with Crippen molar-refractivity contribution in [2.45, 2.75) is 12.3 Å². The molecule has 1 aromatic heterocycles. The van der Waals surface area contributed by atoms with E-state index in [4.69, 9.17) is 5.73 Å². The predicted octanol–water partition coefficient (Wildman–Crippen LogP) is 2.91. The van der Waals surface area contributed by atoms with E-state index in [0.29, 0.717) is 11.7 Å². The number of hydrogen-bond acceptors (Lipinski definition) is 5. The van der Waals surface area contributed by atoms with Gasteiger partial charge in [-0.05, 0) is 22.8 Å². The molecule has 126 valence electrons. The van der Waals surface area contributed by atoms with Crippen molar-refractivity contribution in [1.82, 2.24) is 14.8 Å². The van der Waals surface area contributed by atoms with Crippen LogP contribution in [0.15, 0.2) is 77.5 Å². The van der Waals surface area contributed by atoms with Crippen molar-refractivity contribution in [1.29, 1.82) is 0 Å². The molecule has 0 bridgehead atoms. The summed E-state index contributed by atoms with van der Waals surface area (Å²) in [6.45, 7) is 0.667. The van der Waals surface area contributed by atoms with Crippen molar-refractivity contribution >= 4 is 23.1 Å². The monoisotopic (exact) mass is 350 g/mol. The molecule has 0 aliphatic rings. The van der Waals surface area contributed by atoms with Crippen molar-refractivity contribution < 1.29 is 0 Å². The number of nitrogens with two attached hydrogens (primary N) is 1. The fourth-order valence-electron chi connectivity index (χ4n) is 2.19. The van der Waals surface area contributed by atoms with Crippen LogP contribution in [0.4, 0.5) is 0 Å². The Morgan fingerprint density at radius 2 is 1.96 bits per heavy atom. The van der Waals surface area contributed by atoms with Gasteiger partial charge in [0.25, 0.3) is 0 Å². The number of benzene rings is 2. The van der Waals surface area contributed by atoms with Crippen LogP contribution in [0.25, 0.3) is 0 Å². The molecule has 0 aliphatic carbocycles. The van der Waals surface area contributed by atoms with Crippen molar-refractivity contribution in [3.05, 3.63) is 83.9 Å². The Bertz CT molecular complexity index is 843. The van der Waals surface area contributed by atoms with Crippen molar-refractivity contribution in [3.63, 3.8) is 0 Å². The van der Waals surface area contributed by atoms with Crippen LogP contribution < -0.4 is 5.73 Å². The molecular weight excluding hydrogens is 332 g/mol. The SMILES string of the molecule is NC(=NN=Cc1cccc(Cn2cncn2)c1)SCc1ccccc1. The fourth-order valence-corrected chi connectivity index (χ4v) is 2.80. The highest BCUT2D eigenvalue weighted by molar-refractivity contribution is 8.13. The lowest BCUT2D eigenvalue weighted by molar-refractivity contribution is 0.685. The smallest absolute Gasteiger partial charge is 0.180 e. The summed E-state index contributed by atoms with van der Waals surface area (Å²) in [5.41, 5.74) is 9.17. The van der Waals surface area contributed by atoms with Crippen LogP contribution in [-0.4, -0.2) is 26.1 Å². The highest BCUT2D eigenvalue weighted by atomic mass is 32.2. The first-order valence-corrected chi connectivity index (χ1v) is 8.73. The minimum Gasteiger partial charge on any atom is -0.377 e. The number of amidine groups is 1. The summed E-state index contributed by atoms with van der Waals surface area (Å²) >= 11 is 1.47. The third-order valence-electron chi connectivity index (χ3n) is 3.35. The van der Waals surface area contributed by atoms with E-state index in [2.05, 4.69) is 32.4 Å². The second-order valence-electron chi connectivity index (χ2n) is 5.30. The Morgan fingerprint density at radius 1 is 1.12 bits per heavy atom. The molecule has 0 amide bonds. The number of aromatic nitrogens is 3. The van der Waals surface area contributed by atoms with Gasteiger partial charge in [0, 0.05) is 5.75 Å². The Morgan fingerprint density at radius 3 is 2.76 bits per heavy atom. The molecule has 0 fully saturated rings. The molecule has 0 radical (unpaired) electrons. The van der Waals surface area contributed by atoms with Crippen molar-refractivity contribution in [2.24, 2.45) is 15.9 Å². The molecule has 6 nitrogen and oxygen atoms in total. The highest BCUT2D eigenvalue weighted by Gasteiger charge is 1.98. The number of hydrogen-bond donors (Lipinski definition) is 1. The van der Waals surface area contributed by atoms with Gasteiger partial charge >= 0.3 is 0 Å². The first-order valence-electron chi connectivity index (χ1n) is 7.74. The summed E-state index contributed by atoms with van der Waals surface area (Å²) in [6.07, 6.45) is 4.91. The predicted molar refractivity (Wildman–Crippen MR) is 103 cm³/mol. The zero-order chi connectivity index (χ0) is 17.3. The minimum atomic E-state index is 0.443. The lowest BCUT2D eigenvalue weighted by Crippen LogP contribution is -2.06. The quantitative estimate of drug-likeness (QED) is 0.421. The maximum Gasteiger partial charge on any atom is 0.180 e. The summed E-state index contributed by atoms with van der Waals surface area (Å²) in [4.78, 5) is 3.94. The van der Waals surface area contributed by atoms with E-state index in [9.17, 15) is 0 Å². The Balaban J connectivity index is 1.55. The van der Waals surface area contributed by atoms with Crippen LogP contribution in [0.3, 0.4) is 0 Å². The summed E-state index contributed by atoms with van der Waals surface area (Å²) < 4.78 is 1.77. The average Bonchev–Trinajstić information content (AvgIpc) is 3.14. The molecule has 2 aromatic carbocycles. The van der Waals surface area contributed by atoms with Crippen LogP contribution in [0.2, 0.25) is 0 Å². The topological polar surface area (TPSA) is 81.5 Å². The molecule has 1 heterocycles. The molecular formula is C18H18N6S. The number of nitrogens with zero attached hydrogens (tertiary/aromatic N) is 5. The normalized spacial score (nSPS) is 11.9. The molecule has 7 heteroatoms. The average molecular weight is 350 g/mol. The van der Waals surface area contributed by atoms with E-state index in [-0.39, 0.29) is 0 Å². The van der Waals surface area contributed by atoms with Crippen molar-refractivity contribution in [2.75, 3.05) is 0 Å². The largest absolute Gasteiger partial charge is 0.377 e. The molecule has 0 saturated heterocycles. The van der Waals surface area contributed by atoms with E-state index < -0.39 is 0 Å². The third kappa shape index (κ3) is 5.58. The zero-order valence-electron chi connectivity index (χ0n) is 13.6. The summed E-state index contributed by atoms with van der Waals surface area (Å²) in [5.74, 6) is 0.777. The van der Waals surface area contributed by atoms with Crippen LogP contribution in [0.1, 0.15) is 16.7 Å². The van der Waals surface area contributed by atoms with Crippen LogP contribution in [0, 0.1) is 0 Å². The van der Waals surface area contributed by atoms with E-state index >= 15 is 0 Å². The van der Waals surface area contributed by atoms with E-state index in [1.165, 1.54) is 23.7 Å². The van der Waals surface area contributed by atoms with Gasteiger partial charge in [-0.2, -0.15) is 10.2 Å². The number of thioether (sulfide) groups is 1. The van der Waals surface area contributed by atoms with Gasteiger partial charge in [-0.25, -0.2) is 9.67 Å². The lowest BCUT2D eigenvalue weighted by atomic mass is 10.1. The summed E-state index contributed by atoms with van der Waals surface area (Å²) in [6, 6.07) is 18.1. The van der Waals surface area contributed by atoms with Gasteiger partial charge in [0.15, 0.2) is 5.17 Å². The van der Waals surface area contributed by atoms with Crippen LogP contribution >= 0.6 is 11.8 Å². The standard InChI is InChI=1S/C18H18N6S/c19-18(25-12-15-5-2-1-3-6-15)23-21-10-16-7-4-8-17(9-16)11-24-14-20-13-22-24/h1-10,13-14H,11-12H2,(H2,19,23). The first kappa shape index (κ1) is 16.9. The van der Waals surface area contributed by atoms with Gasteiger partial charge in [-0.1, -0.05) is 60.3 Å². The van der Waals surface area contributed by atoms with Gasteiger partial charge in [0.2, 0.25) is 0 Å². The molecule has 0 unspecified atom stereocenters. The molecule has 0 saturated carbocycles. The maximum atomic E-state index is 5.89. The Labute approximate surface area is 150 Å². The second-order valence-corrected chi connectivity index (χ2v) is 6.29. The third-order valence-corrected chi connectivity index (χ3v) is 4.21. The van der Waals surface area contributed by atoms with Gasteiger partial charge in [-0.15, -0.1) is 5.10 Å². The zero-order valence-corrected chi connectivity index (χ0v) is 14.4. The molecule has 0 atom stereocenters. The van der Waals surface area contributed by atoms with Gasteiger partial charge in [0.05, 0.1) is 12.8 Å². The molecule has 0 aliphatic heterocycles. The molecule has 25 heavy (non-hydrogen) atoms. The van der Waals surface area contributed by atoms with Crippen molar-refractivity contribution in [3.8, 4) is 0 Å². The fraction of sp³-hybridized carbons (Fsp3) is 0.111. The van der Waals surface area contributed by atoms with Gasteiger partial charge < -0.3 is 5.73 Å². The molecule has 0 spiro atoms. The van der Waals surface area contributed by atoms with E-state index in [1.807, 2.05) is 42.5 Å². The minimum absolute atomic E-state index is 0.443. The molecule has 2 N–H and O–H groups in total. The number of rotatable bonds is 6. The Hall–Kier alpha value is -2.93. The highest BCUT2D eigenvalue weighted by Crippen LogP contribution is 2.11. The van der Waals surface area contributed by atoms with Crippen LogP contribution in [0.5, 0.6) is 0 Å². The van der Waals surface area contributed by atoms with Gasteiger partial charge in [0.1, 0.15) is 12.7 Å². The second kappa shape index (κ2) is 8.79. The summed E-state index contributed by atoms with van der Waals surface area (Å²) in [7, 11) is 0. The van der Waals surface area contributed by atoms with Crippen LogP contribution in [-0.2, 0) is 12.3 Å². The lowest BCUT2D eigenvalue weighted by Gasteiger charge is -2.02. The van der Waals surface area contributed by atoms with E-state index in [0.717, 1.165) is 16.9 Å². The Kier molecular flexibility index (Phi) is 5.95. The first-order chi connectivity index (χ1) is 12.3. The van der Waals surface area contributed by atoms with E-state index in [1.54, 1.807) is 17.2 Å².